The van der Waals surface area contributed by atoms with Gasteiger partial charge in [-0.2, -0.15) is 0 Å². The van der Waals surface area contributed by atoms with Crippen LogP contribution in [0, 0.1) is 12.8 Å². The summed E-state index contributed by atoms with van der Waals surface area (Å²) in [7, 11) is 0. The molecule has 1 N–H and O–H groups in total. The van der Waals surface area contributed by atoms with Gasteiger partial charge in [-0.15, -0.1) is 10.2 Å². The minimum atomic E-state index is 0.251. The highest BCUT2D eigenvalue weighted by atomic mass is 32.1. The molecule has 1 unspecified atom stereocenters. The molecule has 2 aromatic rings. The van der Waals surface area contributed by atoms with Gasteiger partial charge in [0.15, 0.2) is 0 Å². The van der Waals surface area contributed by atoms with E-state index >= 15 is 0 Å². The topological polar surface area (TPSA) is 37.8 Å². The normalized spacial score (nSPS) is 12.7. The number of nitrogens with one attached hydrogen (secondary N) is 1. The van der Waals surface area contributed by atoms with E-state index < -0.39 is 0 Å². The van der Waals surface area contributed by atoms with Crippen molar-refractivity contribution in [2.24, 2.45) is 5.92 Å². The van der Waals surface area contributed by atoms with Crippen molar-refractivity contribution >= 4 is 16.5 Å². The van der Waals surface area contributed by atoms with Gasteiger partial charge in [-0.3, -0.25) is 0 Å². The number of anilines is 1. The van der Waals surface area contributed by atoms with Crippen molar-refractivity contribution in [2.75, 3.05) is 5.32 Å². The molecule has 0 aliphatic heterocycles. The average molecular weight is 275 g/mol. The Morgan fingerprint density at radius 3 is 2.58 bits per heavy atom. The molecule has 0 saturated carbocycles. The van der Waals surface area contributed by atoms with Crippen molar-refractivity contribution in [1.82, 2.24) is 10.2 Å². The average Bonchev–Trinajstić information content (AvgIpc) is 2.76. The molecule has 4 heteroatoms. The Kier molecular flexibility index (Phi) is 4.53. The van der Waals surface area contributed by atoms with E-state index in [9.17, 15) is 0 Å². The van der Waals surface area contributed by atoms with Crippen LogP contribution in [0.25, 0.3) is 0 Å². The zero-order valence-corrected chi connectivity index (χ0v) is 12.8. The number of nitrogens with zero attached hydrogens (tertiary/aromatic N) is 2. The summed E-state index contributed by atoms with van der Waals surface area (Å²) in [5, 5.41) is 13.9. The van der Waals surface area contributed by atoms with Crippen LogP contribution < -0.4 is 5.32 Å². The van der Waals surface area contributed by atoms with Crippen LogP contribution in [-0.4, -0.2) is 10.2 Å². The number of hydrogen-bond acceptors (Lipinski definition) is 4. The Morgan fingerprint density at radius 2 is 1.89 bits per heavy atom. The van der Waals surface area contributed by atoms with Crippen LogP contribution in [0.4, 0.5) is 5.13 Å². The Labute approximate surface area is 119 Å². The van der Waals surface area contributed by atoms with Crippen LogP contribution in [0.2, 0.25) is 0 Å². The van der Waals surface area contributed by atoms with E-state index in [0.717, 1.165) is 16.6 Å². The minimum absolute atomic E-state index is 0.251. The Morgan fingerprint density at radius 1 is 1.16 bits per heavy atom. The lowest BCUT2D eigenvalue weighted by Gasteiger charge is -2.15. The summed E-state index contributed by atoms with van der Waals surface area (Å²) in [4.78, 5) is 0. The lowest BCUT2D eigenvalue weighted by atomic mass is 10.0. The fourth-order valence-corrected chi connectivity index (χ4v) is 3.12. The molecule has 0 spiro atoms. The first-order valence-corrected chi connectivity index (χ1v) is 7.52. The summed E-state index contributed by atoms with van der Waals surface area (Å²) < 4.78 is 0. The highest BCUT2D eigenvalue weighted by Gasteiger charge is 2.11. The highest BCUT2D eigenvalue weighted by molar-refractivity contribution is 7.15. The summed E-state index contributed by atoms with van der Waals surface area (Å²) in [6.45, 7) is 8.69. The van der Waals surface area contributed by atoms with E-state index in [2.05, 4.69) is 67.5 Å². The predicted molar refractivity (Wildman–Crippen MR) is 81.7 cm³/mol. The lowest BCUT2D eigenvalue weighted by molar-refractivity contribution is 0.640. The molecule has 1 atom stereocenters. The third kappa shape index (κ3) is 3.77. The highest BCUT2D eigenvalue weighted by Crippen LogP contribution is 2.25. The second-order valence-electron chi connectivity index (χ2n) is 5.32. The Bertz CT molecular complexity index is 534. The number of benzene rings is 1. The molecule has 0 saturated heterocycles. The number of aromatic nitrogens is 2. The second-order valence-corrected chi connectivity index (χ2v) is 6.38. The molecule has 19 heavy (non-hydrogen) atoms. The van der Waals surface area contributed by atoms with Crippen LogP contribution in [0.3, 0.4) is 0 Å². The van der Waals surface area contributed by atoms with E-state index in [-0.39, 0.29) is 6.04 Å². The zero-order chi connectivity index (χ0) is 13.8. The molecule has 0 bridgehead atoms. The predicted octanol–water partition coefficient (Wildman–Crippen LogP) is 4.22. The molecule has 1 aromatic carbocycles. The number of hydrogen-bond donors (Lipinski definition) is 1. The lowest BCUT2D eigenvalue weighted by Crippen LogP contribution is -2.07. The summed E-state index contributed by atoms with van der Waals surface area (Å²) in [5.41, 5.74) is 2.61. The van der Waals surface area contributed by atoms with Crippen LogP contribution in [0.15, 0.2) is 24.3 Å². The fraction of sp³-hybridized carbons (Fsp3) is 0.467. The molecule has 1 aromatic heterocycles. The quantitative estimate of drug-likeness (QED) is 0.888. The summed E-state index contributed by atoms with van der Waals surface area (Å²) in [5.74, 6) is 0.620. The van der Waals surface area contributed by atoms with Crippen molar-refractivity contribution in [3.63, 3.8) is 0 Å². The molecule has 2 rings (SSSR count). The molecule has 0 radical (unpaired) electrons. The van der Waals surface area contributed by atoms with Crippen LogP contribution in [-0.2, 0) is 6.42 Å². The zero-order valence-electron chi connectivity index (χ0n) is 12.0. The molecular weight excluding hydrogens is 254 g/mol. The number of rotatable bonds is 5. The van der Waals surface area contributed by atoms with Gasteiger partial charge in [0.25, 0.3) is 0 Å². The van der Waals surface area contributed by atoms with Gasteiger partial charge < -0.3 is 5.32 Å². The van der Waals surface area contributed by atoms with Gasteiger partial charge in [-0.25, -0.2) is 0 Å². The molecule has 0 aliphatic carbocycles. The maximum atomic E-state index is 4.23. The first kappa shape index (κ1) is 14.0. The molecule has 102 valence electrons. The van der Waals surface area contributed by atoms with E-state index in [4.69, 9.17) is 0 Å². The van der Waals surface area contributed by atoms with E-state index in [1.54, 1.807) is 11.3 Å². The molecule has 0 aliphatic rings. The molecule has 1 heterocycles. The molecule has 0 fully saturated rings. The van der Waals surface area contributed by atoms with Crippen molar-refractivity contribution in [1.29, 1.82) is 0 Å². The molecular formula is C15H21N3S. The van der Waals surface area contributed by atoms with E-state index in [1.165, 1.54) is 11.1 Å². The van der Waals surface area contributed by atoms with Crippen molar-refractivity contribution in [3.8, 4) is 0 Å². The van der Waals surface area contributed by atoms with Crippen molar-refractivity contribution in [3.05, 3.63) is 40.4 Å². The van der Waals surface area contributed by atoms with Gasteiger partial charge in [0.1, 0.15) is 5.01 Å². The summed E-state index contributed by atoms with van der Waals surface area (Å²) >= 11 is 1.66. The standard InChI is InChI=1S/C15H21N3S/c1-10(2)9-14-17-18-15(19-14)16-12(4)13-8-6-5-7-11(13)3/h5-8,10,12H,9H2,1-4H3,(H,16,18). The molecule has 0 amide bonds. The van der Waals surface area contributed by atoms with Crippen molar-refractivity contribution < 1.29 is 0 Å². The second kappa shape index (κ2) is 6.15. The third-order valence-corrected chi connectivity index (χ3v) is 3.92. The van der Waals surface area contributed by atoms with Crippen molar-refractivity contribution in [2.45, 2.75) is 40.2 Å². The minimum Gasteiger partial charge on any atom is -0.354 e. The van der Waals surface area contributed by atoms with Gasteiger partial charge >= 0.3 is 0 Å². The molecule has 3 nitrogen and oxygen atoms in total. The first-order valence-electron chi connectivity index (χ1n) is 6.70. The van der Waals surface area contributed by atoms with Crippen LogP contribution >= 0.6 is 11.3 Å². The first-order chi connectivity index (χ1) is 9.06. The van der Waals surface area contributed by atoms with E-state index in [0.29, 0.717) is 5.92 Å². The van der Waals surface area contributed by atoms with Gasteiger partial charge in [-0.1, -0.05) is 49.4 Å². The van der Waals surface area contributed by atoms with Crippen LogP contribution in [0.5, 0.6) is 0 Å². The fourth-order valence-electron chi connectivity index (χ4n) is 2.08. The monoisotopic (exact) mass is 275 g/mol. The SMILES string of the molecule is Cc1ccccc1C(C)Nc1nnc(CC(C)C)s1. The largest absolute Gasteiger partial charge is 0.354 e. The van der Waals surface area contributed by atoms with E-state index in [1.807, 2.05) is 0 Å². The van der Waals surface area contributed by atoms with Gasteiger partial charge in [0.2, 0.25) is 5.13 Å². The van der Waals surface area contributed by atoms with Crippen LogP contribution in [0.1, 0.15) is 42.9 Å². The maximum Gasteiger partial charge on any atom is 0.206 e. The Hall–Kier alpha value is -1.42. The Balaban J connectivity index is 2.05. The third-order valence-electron chi connectivity index (χ3n) is 3.04. The van der Waals surface area contributed by atoms with Gasteiger partial charge in [-0.05, 0) is 30.9 Å². The van der Waals surface area contributed by atoms with Gasteiger partial charge in [0.05, 0.1) is 6.04 Å². The summed E-state index contributed by atoms with van der Waals surface area (Å²) in [6.07, 6.45) is 0.998. The number of aryl methyl sites for hydroxylation is 1. The maximum absolute atomic E-state index is 4.23. The summed E-state index contributed by atoms with van der Waals surface area (Å²) in [6, 6.07) is 8.68. The smallest absolute Gasteiger partial charge is 0.206 e. The van der Waals surface area contributed by atoms with Gasteiger partial charge in [0, 0.05) is 6.42 Å².